The summed E-state index contributed by atoms with van der Waals surface area (Å²) in [4.78, 5) is 22.5. The van der Waals surface area contributed by atoms with Crippen molar-refractivity contribution in [1.29, 1.82) is 0 Å². The van der Waals surface area contributed by atoms with Gasteiger partial charge >= 0.3 is 0 Å². The number of carbonyl (C=O) groups excluding carboxylic acids is 1. The van der Waals surface area contributed by atoms with E-state index >= 15 is 0 Å². The van der Waals surface area contributed by atoms with Crippen LogP contribution in [0, 0.1) is 23.4 Å². The number of nitrogens with zero attached hydrogens (tertiary/aromatic N) is 4. The van der Waals surface area contributed by atoms with E-state index in [0.29, 0.717) is 24.6 Å². The molecule has 2 aromatic heterocycles. The Bertz CT molecular complexity index is 1440. The Morgan fingerprint density at radius 1 is 1.19 bits per heavy atom. The molecule has 1 saturated heterocycles. The van der Waals surface area contributed by atoms with Crippen LogP contribution in [0.2, 0.25) is 0 Å². The number of halogens is 3. The van der Waals surface area contributed by atoms with Crippen molar-refractivity contribution < 1.29 is 36.2 Å². The molecule has 3 aromatic rings. The molecule has 0 saturated carbocycles. The van der Waals surface area contributed by atoms with E-state index < -0.39 is 39.4 Å². The van der Waals surface area contributed by atoms with Gasteiger partial charge < -0.3 is 24.6 Å². The van der Waals surface area contributed by atoms with Gasteiger partial charge in [0.1, 0.15) is 4.90 Å². The molecule has 15 heteroatoms. The molecule has 190 valence electrons. The van der Waals surface area contributed by atoms with Crippen LogP contribution in [0.3, 0.4) is 0 Å². The zero-order chi connectivity index (χ0) is 25.8. The van der Waals surface area contributed by atoms with Crippen LogP contribution in [0.25, 0.3) is 0 Å². The van der Waals surface area contributed by atoms with Gasteiger partial charge in [-0.2, -0.15) is 0 Å². The number of nitrogens with one attached hydrogen (secondary N) is 2. The topological polar surface area (TPSA) is 139 Å². The molecule has 2 atom stereocenters. The van der Waals surface area contributed by atoms with E-state index in [1.807, 2.05) is 0 Å². The van der Waals surface area contributed by atoms with Crippen LogP contribution >= 0.6 is 0 Å². The molecule has 2 aliphatic rings. The number of amides is 1. The smallest absolute Gasteiger partial charge is 0.276 e. The van der Waals surface area contributed by atoms with E-state index in [1.165, 1.54) is 30.2 Å². The van der Waals surface area contributed by atoms with Gasteiger partial charge in [-0.05, 0) is 0 Å². The number of hydrogen-bond acceptors (Lipinski definition) is 8. The average molecular weight is 524 g/mol. The number of aromatic hydroxyl groups is 1. The minimum absolute atomic E-state index is 0.0267. The molecule has 2 aliphatic heterocycles. The van der Waals surface area contributed by atoms with Gasteiger partial charge in [0.2, 0.25) is 16.0 Å². The van der Waals surface area contributed by atoms with E-state index in [2.05, 4.69) is 20.0 Å². The number of sulfonamides is 1. The maximum Gasteiger partial charge on any atom is 0.276 e. The second kappa shape index (κ2) is 8.67. The number of ether oxygens (including phenoxy) is 1. The molecular weight excluding hydrogens is 505 g/mol. The van der Waals surface area contributed by atoms with E-state index in [1.54, 1.807) is 4.90 Å². The zero-order valence-corrected chi connectivity index (χ0v) is 19.4. The molecule has 0 bridgehead atoms. The summed E-state index contributed by atoms with van der Waals surface area (Å²) in [6, 6.07) is 0.652. The average Bonchev–Trinajstić information content (AvgIpc) is 3.35. The first kappa shape index (κ1) is 23.9. The quantitative estimate of drug-likeness (QED) is 0.437. The van der Waals surface area contributed by atoms with Crippen LogP contribution in [-0.4, -0.2) is 59.7 Å². The normalized spacial score (nSPS) is 20.6. The highest BCUT2D eigenvalue weighted by Gasteiger charge is 2.41. The third kappa shape index (κ3) is 4.19. The van der Waals surface area contributed by atoms with Crippen LogP contribution in [0.5, 0.6) is 11.5 Å². The van der Waals surface area contributed by atoms with Crippen LogP contribution < -0.4 is 19.7 Å². The number of benzene rings is 1. The lowest BCUT2D eigenvalue weighted by Crippen LogP contribution is -2.43. The molecule has 0 radical (unpaired) electrons. The standard InChI is InChI=1S/C21H19F3N6O5S/c1-29-8-16-19(18(29)20(32)27-11-2-13(22)17(24)14(23)3-11)35-9-10-6-30(7-15(10)28-36(16,33)34)21-25-4-12(31)5-26-21/h2-5,8,10,15,28,31H,6-7,9H2,1H3,(H,27,32). The van der Waals surface area contributed by atoms with Crippen molar-refractivity contribution >= 4 is 27.6 Å². The fraction of sp³-hybridized carbons (Fsp3) is 0.286. The van der Waals surface area contributed by atoms with Crippen molar-refractivity contribution in [3.63, 3.8) is 0 Å². The third-order valence-electron chi connectivity index (χ3n) is 5.95. The molecule has 4 heterocycles. The van der Waals surface area contributed by atoms with Crippen molar-refractivity contribution in [1.82, 2.24) is 19.3 Å². The van der Waals surface area contributed by atoms with Crippen molar-refractivity contribution in [2.24, 2.45) is 13.0 Å². The molecule has 0 spiro atoms. The number of aromatic nitrogens is 3. The number of hydrogen-bond donors (Lipinski definition) is 3. The Labute approximate surface area is 202 Å². The fourth-order valence-corrected chi connectivity index (χ4v) is 5.75. The number of anilines is 2. The SMILES string of the molecule is Cn1cc2c(c1C(=O)Nc1cc(F)c(F)c(F)c1)OCC1CN(c3ncc(O)cn3)CC1NS2(=O)=O. The first-order chi connectivity index (χ1) is 17.0. The number of aryl methyl sites for hydroxylation is 1. The summed E-state index contributed by atoms with van der Waals surface area (Å²) in [5.74, 6) is -5.98. The second-order valence-corrected chi connectivity index (χ2v) is 10.1. The Kier molecular flexibility index (Phi) is 5.75. The lowest BCUT2D eigenvalue weighted by molar-refractivity contribution is 0.101. The van der Waals surface area contributed by atoms with Crippen LogP contribution in [0.15, 0.2) is 35.6 Å². The number of carbonyl (C=O) groups is 1. The van der Waals surface area contributed by atoms with E-state index in [0.717, 1.165) is 0 Å². The predicted octanol–water partition coefficient (Wildman–Crippen LogP) is 1.37. The number of rotatable bonds is 3. The van der Waals surface area contributed by atoms with Gasteiger partial charge in [-0.15, -0.1) is 0 Å². The monoisotopic (exact) mass is 524 g/mol. The first-order valence-electron chi connectivity index (χ1n) is 10.6. The summed E-state index contributed by atoms with van der Waals surface area (Å²) in [5, 5.41) is 11.6. The molecule has 5 rings (SSSR count). The molecule has 1 amide bonds. The predicted molar refractivity (Wildman–Crippen MR) is 119 cm³/mol. The third-order valence-corrected chi connectivity index (χ3v) is 7.43. The number of fused-ring (bicyclic) bond motifs is 2. The maximum atomic E-state index is 13.6. The van der Waals surface area contributed by atoms with Crippen molar-refractivity contribution in [3.05, 3.63) is 53.9 Å². The summed E-state index contributed by atoms with van der Waals surface area (Å²) >= 11 is 0. The van der Waals surface area contributed by atoms with Gasteiger partial charge in [-0.1, -0.05) is 0 Å². The summed E-state index contributed by atoms with van der Waals surface area (Å²) in [6.45, 7) is 0.601. The summed E-state index contributed by atoms with van der Waals surface area (Å²) in [7, 11) is -2.74. The van der Waals surface area contributed by atoms with Crippen LogP contribution in [0.1, 0.15) is 10.5 Å². The first-order valence-corrected chi connectivity index (χ1v) is 12.1. The van der Waals surface area contributed by atoms with Crippen molar-refractivity contribution in [3.8, 4) is 11.5 Å². The highest BCUT2D eigenvalue weighted by molar-refractivity contribution is 7.89. The minimum Gasteiger partial charge on any atom is -0.505 e. The Hall–Kier alpha value is -3.85. The van der Waals surface area contributed by atoms with E-state index in [9.17, 15) is 31.5 Å². The highest BCUT2D eigenvalue weighted by Crippen LogP contribution is 2.35. The fourth-order valence-electron chi connectivity index (χ4n) is 4.26. The molecule has 36 heavy (non-hydrogen) atoms. The Morgan fingerprint density at radius 3 is 2.53 bits per heavy atom. The molecule has 3 N–H and O–H groups in total. The lowest BCUT2D eigenvalue weighted by atomic mass is 10.1. The van der Waals surface area contributed by atoms with Crippen LogP contribution in [-0.2, 0) is 17.1 Å². The van der Waals surface area contributed by atoms with Gasteiger partial charge in [-0.3, -0.25) is 4.79 Å². The van der Waals surface area contributed by atoms with E-state index in [-0.39, 0.29) is 46.8 Å². The molecule has 11 nitrogen and oxygen atoms in total. The summed E-state index contributed by atoms with van der Waals surface area (Å²) in [5.41, 5.74) is -0.575. The molecule has 1 fully saturated rings. The van der Waals surface area contributed by atoms with Gasteiger partial charge in [0.05, 0.1) is 19.0 Å². The molecular formula is C21H19F3N6O5S. The molecule has 0 aliphatic carbocycles. The minimum atomic E-state index is -4.15. The van der Waals surface area contributed by atoms with E-state index in [4.69, 9.17) is 4.74 Å². The van der Waals surface area contributed by atoms with Crippen LogP contribution in [0.4, 0.5) is 24.8 Å². The maximum absolute atomic E-state index is 13.6. The van der Waals surface area contributed by atoms with Crippen molar-refractivity contribution in [2.75, 3.05) is 29.9 Å². The molecule has 1 aromatic carbocycles. The Balaban J connectivity index is 1.43. The van der Waals surface area contributed by atoms with Gasteiger partial charge in [0, 0.05) is 56.1 Å². The largest absolute Gasteiger partial charge is 0.505 e. The second-order valence-electron chi connectivity index (χ2n) is 8.44. The van der Waals surface area contributed by atoms with Gasteiger partial charge in [0.25, 0.3) is 5.91 Å². The summed E-state index contributed by atoms with van der Waals surface area (Å²) < 4.78 is 76.5. The van der Waals surface area contributed by atoms with Crippen molar-refractivity contribution in [2.45, 2.75) is 10.9 Å². The van der Waals surface area contributed by atoms with Gasteiger partial charge in [-0.25, -0.2) is 36.3 Å². The molecule has 2 unspecified atom stereocenters. The highest BCUT2D eigenvalue weighted by atomic mass is 32.2. The lowest BCUT2D eigenvalue weighted by Gasteiger charge is -2.23. The summed E-state index contributed by atoms with van der Waals surface area (Å²) in [6.07, 6.45) is 3.64. The Morgan fingerprint density at radius 2 is 1.86 bits per heavy atom. The van der Waals surface area contributed by atoms with Gasteiger partial charge in [0.15, 0.2) is 34.6 Å². The zero-order valence-electron chi connectivity index (χ0n) is 18.6.